The van der Waals surface area contributed by atoms with Crippen molar-refractivity contribution in [2.24, 2.45) is 0 Å². The Labute approximate surface area is 73.8 Å². The van der Waals surface area contributed by atoms with E-state index >= 15 is 0 Å². The molecule has 1 nitrogen and oxygen atoms in total. The van der Waals surface area contributed by atoms with Crippen LogP contribution in [0.3, 0.4) is 0 Å². The molecular formula is C11H14N. The molecule has 0 amide bonds. The van der Waals surface area contributed by atoms with E-state index in [-0.39, 0.29) is 0 Å². The smallest absolute Gasteiger partial charge is 0.0311 e. The minimum atomic E-state index is 0.590. The lowest BCUT2D eigenvalue weighted by molar-refractivity contribution is 0.296. The van der Waals surface area contributed by atoms with E-state index in [9.17, 15) is 0 Å². The molecule has 63 valence electrons. The Bertz CT molecular complexity index is 240. The second-order valence-electron chi connectivity index (χ2n) is 3.42. The van der Waals surface area contributed by atoms with Crippen LogP contribution in [0.2, 0.25) is 0 Å². The van der Waals surface area contributed by atoms with Gasteiger partial charge in [0.2, 0.25) is 0 Å². The average molecular weight is 160 g/mol. The van der Waals surface area contributed by atoms with E-state index in [2.05, 4.69) is 35.6 Å². The van der Waals surface area contributed by atoms with Gasteiger partial charge in [0.1, 0.15) is 0 Å². The number of rotatable bonds is 2. The van der Waals surface area contributed by atoms with E-state index in [1.807, 2.05) is 7.05 Å². The molecule has 0 saturated heterocycles. The number of nitrogens with zero attached hydrogens (tertiary/aromatic N) is 1. The van der Waals surface area contributed by atoms with Crippen molar-refractivity contribution in [3.8, 4) is 0 Å². The van der Waals surface area contributed by atoms with Gasteiger partial charge in [0.25, 0.3) is 0 Å². The molecular weight excluding hydrogens is 146 g/mol. The van der Waals surface area contributed by atoms with Gasteiger partial charge in [-0.2, -0.15) is 0 Å². The third kappa shape index (κ3) is 1.25. The van der Waals surface area contributed by atoms with Gasteiger partial charge in [-0.3, -0.25) is 0 Å². The van der Waals surface area contributed by atoms with E-state index < -0.39 is 0 Å². The van der Waals surface area contributed by atoms with Gasteiger partial charge in [0.05, 0.1) is 0 Å². The van der Waals surface area contributed by atoms with Crippen molar-refractivity contribution in [1.82, 2.24) is 5.32 Å². The lowest BCUT2D eigenvalue weighted by Gasteiger charge is -2.35. The standard InChI is InChI=1S/C11H14N/c1-12-11-8-7-10(11)9-5-3-2-4-6-9/h2-6,10-11H,7-8H2,1H3/t10-,11+/m1/s1. The summed E-state index contributed by atoms with van der Waals surface area (Å²) in [6.07, 6.45) is 2.59. The molecule has 1 saturated carbocycles. The van der Waals surface area contributed by atoms with Crippen molar-refractivity contribution < 1.29 is 0 Å². The summed E-state index contributed by atoms with van der Waals surface area (Å²) in [6.45, 7) is 0. The first-order valence-corrected chi connectivity index (χ1v) is 4.55. The molecule has 0 aliphatic heterocycles. The van der Waals surface area contributed by atoms with Crippen molar-refractivity contribution in [2.45, 2.75) is 24.8 Å². The van der Waals surface area contributed by atoms with Crippen molar-refractivity contribution in [3.63, 3.8) is 0 Å². The fourth-order valence-corrected chi connectivity index (χ4v) is 1.88. The van der Waals surface area contributed by atoms with Gasteiger partial charge in [0.15, 0.2) is 0 Å². The number of likely N-dealkylation sites (N-methyl/N-ethyl adjacent to an activating group) is 1. The highest BCUT2D eigenvalue weighted by Gasteiger charge is 2.30. The Balaban J connectivity index is 2.11. The van der Waals surface area contributed by atoms with Crippen molar-refractivity contribution in [3.05, 3.63) is 35.9 Å². The summed E-state index contributed by atoms with van der Waals surface area (Å²) in [6, 6.07) is 11.3. The van der Waals surface area contributed by atoms with Crippen LogP contribution in [0.5, 0.6) is 0 Å². The van der Waals surface area contributed by atoms with Gasteiger partial charge < -0.3 is 0 Å². The van der Waals surface area contributed by atoms with Crippen molar-refractivity contribution >= 4 is 0 Å². The largest absolute Gasteiger partial charge is 0.241 e. The maximum Gasteiger partial charge on any atom is 0.0311 e. The molecule has 1 aliphatic carbocycles. The van der Waals surface area contributed by atoms with Crippen LogP contribution in [0, 0.1) is 0 Å². The molecule has 12 heavy (non-hydrogen) atoms. The zero-order valence-electron chi connectivity index (χ0n) is 7.40. The molecule has 2 rings (SSSR count). The molecule has 0 spiro atoms. The lowest BCUT2D eigenvalue weighted by atomic mass is 9.75. The number of hydrogen-bond acceptors (Lipinski definition) is 0. The summed E-state index contributed by atoms with van der Waals surface area (Å²) in [5.41, 5.74) is 1.46. The molecule has 1 heteroatoms. The topological polar surface area (TPSA) is 14.1 Å². The first kappa shape index (κ1) is 7.81. The summed E-state index contributed by atoms with van der Waals surface area (Å²) >= 11 is 0. The summed E-state index contributed by atoms with van der Waals surface area (Å²) in [4.78, 5) is 0. The van der Waals surface area contributed by atoms with Crippen LogP contribution >= 0.6 is 0 Å². The molecule has 1 aromatic rings. The van der Waals surface area contributed by atoms with E-state index in [1.165, 1.54) is 18.4 Å². The highest BCUT2D eigenvalue weighted by Crippen LogP contribution is 2.36. The van der Waals surface area contributed by atoms with Gasteiger partial charge in [-0.25, -0.2) is 5.32 Å². The van der Waals surface area contributed by atoms with Gasteiger partial charge >= 0.3 is 0 Å². The lowest BCUT2D eigenvalue weighted by Crippen LogP contribution is -2.35. The van der Waals surface area contributed by atoms with Crippen LogP contribution in [-0.4, -0.2) is 13.1 Å². The zero-order chi connectivity index (χ0) is 8.39. The molecule has 1 fully saturated rings. The van der Waals surface area contributed by atoms with Gasteiger partial charge in [-0.15, -0.1) is 0 Å². The Morgan fingerprint density at radius 1 is 1.17 bits per heavy atom. The Kier molecular flexibility index (Phi) is 2.13. The SMILES string of the molecule is C[N][C@H]1CC[C@@H]1c1ccccc1. The fourth-order valence-electron chi connectivity index (χ4n) is 1.88. The number of hydrogen-bond donors (Lipinski definition) is 0. The van der Waals surface area contributed by atoms with Gasteiger partial charge in [-0.05, 0) is 18.4 Å². The Morgan fingerprint density at radius 3 is 2.42 bits per heavy atom. The molecule has 2 atom stereocenters. The summed E-state index contributed by atoms with van der Waals surface area (Å²) in [7, 11) is 1.93. The molecule has 0 N–H and O–H groups in total. The molecule has 0 unspecified atom stereocenters. The summed E-state index contributed by atoms with van der Waals surface area (Å²) in [5.74, 6) is 0.705. The molecule has 0 heterocycles. The molecule has 1 aliphatic rings. The first-order chi connectivity index (χ1) is 5.92. The van der Waals surface area contributed by atoms with E-state index in [4.69, 9.17) is 0 Å². The minimum absolute atomic E-state index is 0.590. The third-order valence-electron chi connectivity index (χ3n) is 2.80. The maximum atomic E-state index is 4.35. The van der Waals surface area contributed by atoms with Crippen LogP contribution in [0.25, 0.3) is 0 Å². The minimum Gasteiger partial charge on any atom is -0.241 e. The van der Waals surface area contributed by atoms with Crippen LogP contribution in [0.4, 0.5) is 0 Å². The third-order valence-corrected chi connectivity index (χ3v) is 2.80. The molecule has 1 aromatic carbocycles. The van der Waals surface area contributed by atoms with E-state index in [0.717, 1.165) is 0 Å². The van der Waals surface area contributed by atoms with Crippen molar-refractivity contribution in [2.75, 3.05) is 7.05 Å². The summed E-state index contributed by atoms with van der Waals surface area (Å²) < 4.78 is 0. The predicted molar refractivity (Wildman–Crippen MR) is 50.3 cm³/mol. The second kappa shape index (κ2) is 3.28. The second-order valence-corrected chi connectivity index (χ2v) is 3.42. The highest BCUT2D eigenvalue weighted by atomic mass is 14.9. The Morgan fingerprint density at radius 2 is 1.92 bits per heavy atom. The van der Waals surface area contributed by atoms with Crippen LogP contribution in [0.15, 0.2) is 30.3 Å². The number of benzene rings is 1. The van der Waals surface area contributed by atoms with E-state index in [1.54, 1.807) is 0 Å². The quantitative estimate of drug-likeness (QED) is 0.629. The van der Waals surface area contributed by atoms with Crippen molar-refractivity contribution in [1.29, 1.82) is 0 Å². The molecule has 0 aromatic heterocycles. The fraction of sp³-hybridized carbons (Fsp3) is 0.455. The summed E-state index contributed by atoms with van der Waals surface area (Å²) in [5, 5.41) is 4.35. The maximum absolute atomic E-state index is 4.35. The van der Waals surface area contributed by atoms with Gasteiger partial charge in [-0.1, -0.05) is 30.3 Å². The normalized spacial score (nSPS) is 28.1. The van der Waals surface area contributed by atoms with Gasteiger partial charge in [0, 0.05) is 19.0 Å². The molecule has 1 radical (unpaired) electrons. The van der Waals surface area contributed by atoms with E-state index in [0.29, 0.717) is 12.0 Å². The first-order valence-electron chi connectivity index (χ1n) is 4.55. The predicted octanol–water partition coefficient (Wildman–Crippen LogP) is 2.17. The monoisotopic (exact) mass is 160 g/mol. The van der Waals surface area contributed by atoms with Crippen LogP contribution in [0.1, 0.15) is 24.3 Å². The van der Waals surface area contributed by atoms with Crippen LogP contribution < -0.4 is 5.32 Å². The average Bonchev–Trinajstić information content (AvgIpc) is 2.05. The van der Waals surface area contributed by atoms with Crippen LogP contribution in [-0.2, 0) is 0 Å². The zero-order valence-corrected chi connectivity index (χ0v) is 7.40. The molecule has 0 bridgehead atoms. The Hall–Kier alpha value is -0.820. The highest BCUT2D eigenvalue weighted by molar-refractivity contribution is 5.23.